The molecule has 0 unspecified atom stereocenters. The van der Waals surface area contributed by atoms with E-state index in [1.165, 1.54) is 0 Å². The van der Waals surface area contributed by atoms with Gasteiger partial charge in [-0.15, -0.1) is 12.4 Å². The van der Waals surface area contributed by atoms with Crippen LogP contribution in [0.4, 0.5) is 0 Å². The monoisotopic (exact) mass is 379 g/mol. The van der Waals surface area contributed by atoms with Crippen LogP contribution in [0.1, 0.15) is 54.9 Å². The number of hydrogen-bond acceptors (Lipinski definition) is 3. The molecule has 5 nitrogen and oxygen atoms in total. The minimum atomic E-state index is 0. The Morgan fingerprint density at radius 1 is 1.23 bits per heavy atom. The van der Waals surface area contributed by atoms with Crippen LogP contribution in [0, 0.1) is 0 Å². The van der Waals surface area contributed by atoms with Crippen molar-refractivity contribution < 1.29 is 9.59 Å². The van der Waals surface area contributed by atoms with Gasteiger partial charge in [0.1, 0.15) is 0 Å². The average molecular weight is 380 g/mol. The van der Waals surface area contributed by atoms with Gasteiger partial charge in [0.25, 0.3) is 5.91 Å². The first-order valence-corrected chi connectivity index (χ1v) is 9.57. The zero-order valence-electron chi connectivity index (χ0n) is 15.6. The molecule has 2 amide bonds. The number of likely N-dealkylation sites (tertiary alicyclic amines) is 1. The smallest absolute Gasteiger partial charge is 0.254 e. The van der Waals surface area contributed by atoms with Gasteiger partial charge in [-0.3, -0.25) is 9.59 Å². The number of rotatable bonds is 6. The number of benzene rings is 1. The fraction of sp³-hybridized carbons (Fsp3) is 0.600. The molecule has 0 bridgehead atoms. The molecular formula is C20H30ClN3O2. The topological polar surface area (TPSA) is 52.7 Å². The first-order chi connectivity index (χ1) is 12.2. The van der Waals surface area contributed by atoms with E-state index in [0.29, 0.717) is 19.0 Å². The lowest BCUT2D eigenvalue weighted by Crippen LogP contribution is -2.46. The summed E-state index contributed by atoms with van der Waals surface area (Å²) in [6.07, 6.45) is 4.66. The zero-order valence-corrected chi connectivity index (χ0v) is 16.4. The highest BCUT2D eigenvalue weighted by Gasteiger charge is 2.25. The van der Waals surface area contributed by atoms with Crippen molar-refractivity contribution in [1.29, 1.82) is 0 Å². The molecule has 6 heteroatoms. The number of piperidine rings is 1. The van der Waals surface area contributed by atoms with Crippen LogP contribution in [0.15, 0.2) is 24.3 Å². The molecule has 2 heterocycles. The molecule has 1 aromatic rings. The Morgan fingerprint density at radius 2 is 1.92 bits per heavy atom. The Balaban J connectivity index is 0.00000243. The maximum absolute atomic E-state index is 13.0. The first kappa shape index (κ1) is 20.7. The molecule has 144 valence electrons. The zero-order chi connectivity index (χ0) is 17.6. The molecule has 1 N–H and O–H groups in total. The van der Waals surface area contributed by atoms with Gasteiger partial charge >= 0.3 is 0 Å². The van der Waals surface area contributed by atoms with E-state index in [1.807, 2.05) is 29.2 Å². The van der Waals surface area contributed by atoms with Gasteiger partial charge in [-0.2, -0.15) is 0 Å². The predicted octanol–water partition coefficient (Wildman–Crippen LogP) is 2.84. The van der Waals surface area contributed by atoms with Crippen molar-refractivity contribution in [3.63, 3.8) is 0 Å². The molecule has 3 rings (SSSR count). The largest absolute Gasteiger partial charge is 0.338 e. The van der Waals surface area contributed by atoms with Gasteiger partial charge in [0.05, 0.1) is 0 Å². The summed E-state index contributed by atoms with van der Waals surface area (Å²) >= 11 is 0. The second-order valence-corrected chi connectivity index (χ2v) is 7.10. The molecule has 2 aliphatic heterocycles. The Kier molecular flexibility index (Phi) is 7.91. The van der Waals surface area contributed by atoms with Crippen molar-refractivity contribution in [1.82, 2.24) is 15.1 Å². The SMILES string of the molecule is CCCN(C(=O)c1ccc(CN2CCCC2=O)cc1)C1CCNCC1.Cl. The van der Waals surface area contributed by atoms with Gasteiger partial charge in [-0.1, -0.05) is 19.1 Å². The molecule has 26 heavy (non-hydrogen) atoms. The van der Waals surface area contributed by atoms with Gasteiger partial charge in [-0.05, 0) is 56.5 Å². The third kappa shape index (κ3) is 4.98. The van der Waals surface area contributed by atoms with Crippen molar-refractivity contribution in [2.45, 2.75) is 51.6 Å². The third-order valence-corrected chi connectivity index (χ3v) is 5.22. The standard InChI is InChI=1S/C20H29N3O2.ClH/c1-2-13-23(18-9-11-21-12-10-18)20(25)17-7-5-16(6-8-17)15-22-14-3-4-19(22)24;/h5-8,18,21H,2-4,9-15H2,1H3;1H. The number of nitrogens with zero attached hydrogens (tertiary/aromatic N) is 2. The van der Waals surface area contributed by atoms with Gasteiger partial charge in [0, 0.05) is 37.7 Å². The molecular weight excluding hydrogens is 350 g/mol. The van der Waals surface area contributed by atoms with Crippen LogP contribution in [0.2, 0.25) is 0 Å². The summed E-state index contributed by atoms with van der Waals surface area (Å²) in [7, 11) is 0. The lowest BCUT2D eigenvalue weighted by molar-refractivity contribution is -0.128. The van der Waals surface area contributed by atoms with Gasteiger partial charge in [0.15, 0.2) is 0 Å². The highest BCUT2D eigenvalue weighted by molar-refractivity contribution is 5.94. The minimum Gasteiger partial charge on any atom is -0.338 e. The molecule has 0 saturated carbocycles. The quantitative estimate of drug-likeness (QED) is 0.826. The number of hydrogen-bond donors (Lipinski definition) is 1. The van der Waals surface area contributed by atoms with Gasteiger partial charge in [-0.25, -0.2) is 0 Å². The molecule has 0 spiro atoms. The maximum atomic E-state index is 13.0. The summed E-state index contributed by atoms with van der Waals surface area (Å²) in [6.45, 7) is 6.41. The number of carbonyl (C=O) groups is 2. The molecule has 0 atom stereocenters. The Labute approximate surface area is 162 Å². The molecule has 0 aromatic heterocycles. The lowest BCUT2D eigenvalue weighted by Gasteiger charge is -2.34. The van der Waals surface area contributed by atoms with E-state index in [2.05, 4.69) is 17.1 Å². The number of carbonyl (C=O) groups excluding carboxylic acids is 2. The van der Waals surface area contributed by atoms with Crippen LogP contribution >= 0.6 is 12.4 Å². The molecule has 2 aliphatic rings. The van der Waals surface area contributed by atoms with E-state index in [9.17, 15) is 9.59 Å². The summed E-state index contributed by atoms with van der Waals surface area (Å²) in [5.41, 5.74) is 1.85. The van der Waals surface area contributed by atoms with Crippen molar-refractivity contribution in [3.05, 3.63) is 35.4 Å². The molecule has 0 radical (unpaired) electrons. The molecule has 2 fully saturated rings. The van der Waals surface area contributed by atoms with E-state index in [1.54, 1.807) is 0 Å². The number of amides is 2. The fourth-order valence-corrected chi connectivity index (χ4v) is 3.82. The highest BCUT2D eigenvalue weighted by Crippen LogP contribution is 2.18. The normalized spacial score (nSPS) is 17.9. The summed E-state index contributed by atoms with van der Waals surface area (Å²) in [4.78, 5) is 28.7. The summed E-state index contributed by atoms with van der Waals surface area (Å²) in [5.74, 6) is 0.373. The van der Waals surface area contributed by atoms with Crippen LogP contribution in [0.25, 0.3) is 0 Å². The maximum Gasteiger partial charge on any atom is 0.254 e. The van der Waals surface area contributed by atoms with E-state index >= 15 is 0 Å². The van der Waals surface area contributed by atoms with Crippen molar-refractivity contribution in [3.8, 4) is 0 Å². The van der Waals surface area contributed by atoms with Crippen LogP contribution in [-0.2, 0) is 11.3 Å². The summed E-state index contributed by atoms with van der Waals surface area (Å²) < 4.78 is 0. The molecule has 0 aliphatic carbocycles. The van der Waals surface area contributed by atoms with Crippen molar-refractivity contribution in [2.24, 2.45) is 0 Å². The van der Waals surface area contributed by atoms with E-state index in [4.69, 9.17) is 0 Å². The second-order valence-electron chi connectivity index (χ2n) is 7.10. The Hall–Kier alpha value is -1.59. The van der Waals surface area contributed by atoms with Gasteiger partial charge in [0.2, 0.25) is 5.91 Å². The van der Waals surface area contributed by atoms with E-state index in [-0.39, 0.29) is 24.2 Å². The van der Waals surface area contributed by atoms with Crippen LogP contribution in [0.3, 0.4) is 0 Å². The second kappa shape index (κ2) is 9.93. The Morgan fingerprint density at radius 3 is 2.50 bits per heavy atom. The summed E-state index contributed by atoms with van der Waals surface area (Å²) in [5, 5.41) is 3.37. The van der Waals surface area contributed by atoms with Crippen LogP contribution in [0.5, 0.6) is 0 Å². The van der Waals surface area contributed by atoms with Gasteiger partial charge < -0.3 is 15.1 Å². The Bertz CT molecular complexity index is 600. The minimum absolute atomic E-state index is 0. The molecule has 2 saturated heterocycles. The fourth-order valence-electron chi connectivity index (χ4n) is 3.82. The number of halogens is 1. The van der Waals surface area contributed by atoms with E-state index in [0.717, 1.165) is 63.0 Å². The van der Waals surface area contributed by atoms with Crippen LogP contribution in [-0.4, -0.2) is 53.8 Å². The summed E-state index contributed by atoms with van der Waals surface area (Å²) in [6, 6.07) is 8.16. The number of nitrogens with one attached hydrogen (secondary N) is 1. The third-order valence-electron chi connectivity index (χ3n) is 5.22. The predicted molar refractivity (Wildman–Crippen MR) is 106 cm³/mol. The van der Waals surface area contributed by atoms with Crippen molar-refractivity contribution >= 4 is 24.2 Å². The van der Waals surface area contributed by atoms with Crippen molar-refractivity contribution in [2.75, 3.05) is 26.2 Å². The highest BCUT2D eigenvalue weighted by atomic mass is 35.5. The van der Waals surface area contributed by atoms with E-state index < -0.39 is 0 Å². The lowest BCUT2D eigenvalue weighted by atomic mass is 10.0. The van der Waals surface area contributed by atoms with Crippen LogP contribution < -0.4 is 5.32 Å². The first-order valence-electron chi connectivity index (χ1n) is 9.57. The molecule has 1 aromatic carbocycles. The average Bonchev–Trinajstić information content (AvgIpc) is 3.05.